The molecule has 2 amide bonds. The molecular weight excluding hydrogens is 383 g/mol. The average Bonchev–Trinajstić information content (AvgIpc) is 2.65. The minimum Gasteiger partial charge on any atom is -0.357 e. The molecule has 0 radical (unpaired) electrons. The molecule has 0 aliphatic heterocycles. The number of carbonyl (C=O) groups is 2. The number of rotatable bonds is 7. The normalized spacial score (nSPS) is 11.7. The number of halogens is 2. The van der Waals surface area contributed by atoms with Crippen LogP contribution in [0, 0.1) is 6.92 Å². The SMILES string of the molecule is CC[C@H](C(=O)NC)N(Cc1ccc(C)cc1)C(=O)Cc1ccc(Cl)cc1Cl. The molecule has 1 atom stereocenters. The van der Waals surface area contributed by atoms with Crippen molar-refractivity contribution in [1.29, 1.82) is 0 Å². The van der Waals surface area contributed by atoms with Gasteiger partial charge in [0.2, 0.25) is 11.8 Å². The first-order valence-corrected chi connectivity index (χ1v) is 9.61. The van der Waals surface area contributed by atoms with Crippen LogP contribution in [0.1, 0.15) is 30.0 Å². The van der Waals surface area contributed by atoms with Gasteiger partial charge in [0.25, 0.3) is 0 Å². The van der Waals surface area contributed by atoms with Crippen LogP contribution in [0.3, 0.4) is 0 Å². The third-order valence-corrected chi connectivity index (χ3v) is 5.05. The molecule has 0 unspecified atom stereocenters. The molecule has 0 fully saturated rings. The number of hydrogen-bond donors (Lipinski definition) is 1. The van der Waals surface area contributed by atoms with E-state index in [1.54, 1.807) is 30.1 Å². The Bertz CT molecular complexity index is 806. The van der Waals surface area contributed by atoms with Gasteiger partial charge in [-0.3, -0.25) is 9.59 Å². The number of benzene rings is 2. The lowest BCUT2D eigenvalue weighted by molar-refractivity contribution is -0.140. The molecule has 2 aromatic rings. The molecule has 0 aliphatic carbocycles. The second-order valence-corrected chi connectivity index (χ2v) is 7.30. The minimum atomic E-state index is -0.546. The molecule has 0 saturated heterocycles. The van der Waals surface area contributed by atoms with Crippen molar-refractivity contribution in [2.75, 3.05) is 7.05 Å². The third kappa shape index (κ3) is 5.72. The van der Waals surface area contributed by atoms with Gasteiger partial charge in [0, 0.05) is 23.6 Å². The zero-order chi connectivity index (χ0) is 20.0. The fourth-order valence-electron chi connectivity index (χ4n) is 2.91. The molecule has 0 aromatic heterocycles. The van der Waals surface area contributed by atoms with Crippen LogP contribution >= 0.6 is 23.2 Å². The molecule has 27 heavy (non-hydrogen) atoms. The summed E-state index contributed by atoms with van der Waals surface area (Å²) in [6.07, 6.45) is 0.626. The van der Waals surface area contributed by atoms with Gasteiger partial charge in [-0.1, -0.05) is 66.0 Å². The number of carbonyl (C=O) groups excluding carboxylic acids is 2. The standard InChI is InChI=1S/C21H24Cl2N2O2/c1-4-19(21(27)24-3)25(13-15-7-5-14(2)6-8-15)20(26)11-16-9-10-17(22)12-18(16)23/h5-10,12,19H,4,11,13H2,1-3H3,(H,24,27)/t19-/m1/s1. The lowest BCUT2D eigenvalue weighted by atomic mass is 10.1. The molecule has 0 bridgehead atoms. The quantitative estimate of drug-likeness (QED) is 0.740. The second-order valence-electron chi connectivity index (χ2n) is 6.46. The predicted molar refractivity (Wildman–Crippen MR) is 110 cm³/mol. The van der Waals surface area contributed by atoms with Crippen LogP contribution in [0.5, 0.6) is 0 Å². The lowest BCUT2D eigenvalue weighted by Gasteiger charge is -2.30. The van der Waals surface area contributed by atoms with Crippen molar-refractivity contribution < 1.29 is 9.59 Å². The number of hydrogen-bond acceptors (Lipinski definition) is 2. The Morgan fingerprint density at radius 2 is 1.78 bits per heavy atom. The maximum atomic E-state index is 13.1. The largest absolute Gasteiger partial charge is 0.357 e. The fraction of sp³-hybridized carbons (Fsp3) is 0.333. The topological polar surface area (TPSA) is 49.4 Å². The summed E-state index contributed by atoms with van der Waals surface area (Å²) >= 11 is 12.2. The van der Waals surface area contributed by atoms with Crippen molar-refractivity contribution in [2.45, 2.75) is 39.3 Å². The summed E-state index contributed by atoms with van der Waals surface area (Å²) < 4.78 is 0. The van der Waals surface area contributed by atoms with Crippen LogP contribution in [0.2, 0.25) is 10.0 Å². The number of likely N-dealkylation sites (N-methyl/N-ethyl adjacent to an activating group) is 1. The van der Waals surface area contributed by atoms with E-state index in [0.717, 1.165) is 11.1 Å². The van der Waals surface area contributed by atoms with E-state index in [2.05, 4.69) is 5.32 Å². The van der Waals surface area contributed by atoms with Gasteiger partial charge in [-0.05, 0) is 36.6 Å². The molecule has 2 aromatic carbocycles. The lowest BCUT2D eigenvalue weighted by Crippen LogP contribution is -2.48. The van der Waals surface area contributed by atoms with Gasteiger partial charge in [-0.15, -0.1) is 0 Å². The van der Waals surface area contributed by atoms with Gasteiger partial charge in [0.1, 0.15) is 6.04 Å². The molecule has 4 nitrogen and oxygen atoms in total. The maximum absolute atomic E-state index is 13.1. The maximum Gasteiger partial charge on any atom is 0.242 e. The molecule has 0 saturated carbocycles. The van der Waals surface area contributed by atoms with E-state index in [1.807, 2.05) is 38.1 Å². The van der Waals surface area contributed by atoms with E-state index < -0.39 is 6.04 Å². The molecule has 6 heteroatoms. The second kappa shape index (κ2) is 9.77. The highest BCUT2D eigenvalue weighted by molar-refractivity contribution is 6.35. The average molecular weight is 407 g/mol. The summed E-state index contributed by atoms with van der Waals surface area (Å²) in [4.78, 5) is 27.1. The Kier molecular flexibility index (Phi) is 7.69. The van der Waals surface area contributed by atoms with Crippen molar-refractivity contribution >= 4 is 35.0 Å². The summed E-state index contributed by atoms with van der Waals surface area (Å²) in [5.41, 5.74) is 2.80. The highest BCUT2D eigenvalue weighted by atomic mass is 35.5. The van der Waals surface area contributed by atoms with Crippen LogP contribution in [-0.2, 0) is 22.6 Å². The van der Waals surface area contributed by atoms with Crippen LogP contribution in [-0.4, -0.2) is 29.8 Å². The van der Waals surface area contributed by atoms with E-state index >= 15 is 0 Å². The molecule has 0 heterocycles. The number of amides is 2. The molecule has 1 N–H and O–H groups in total. The van der Waals surface area contributed by atoms with Gasteiger partial charge >= 0.3 is 0 Å². The van der Waals surface area contributed by atoms with Crippen molar-refractivity contribution in [3.8, 4) is 0 Å². The predicted octanol–water partition coefficient (Wildman–Crippen LogP) is 4.40. The first-order valence-electron chi connectivity index (χ1n) is 8.86. The minimum absolute atomic E-state index is 0.107. The summed E-state index contributed by atoms with van der Waals surface area (Å²) in [6.45, 7) is 4.26. The Labute approximate surface area is 170 Å². The van der Waals surface area contributed by atoms with Crippen molar-refractivity contribution in [1.82, 2.24) is 10.2 Å². The van der Waals surface area contributed by atoms with Crippen molar-refractivity contribution in [2.24, 2.45) is 0 Å². The van der Waals surface area contributed by atoms with Gasteiger partial charge in [-0.25, -0.2) is 0 Å². The molecule has 0 aliphatic rings. The van der Waals surface area contributed by atoms with Crippen LogP contribution in [0.4, 0.5) is 0 Å². The molecule has 2 rings (SSSR count). The van der Waals surface area contributed by atoms with Crippen LogP contribution < -0.4 is 5.32 Å². The van der Waals surface area contributed by atoms with Gasteiger partial charge in [0.15, 0.2) is 0 Å². The van der Waals surface area contributed by atoms with E-state index in [4.69, 9.17) is 23.2 Å². The van der Waals surface area contributed by atoms with Crippen LogP contribution in [0.25, 0.3) is 0 Å². The Hall–Kier alpha value is -2.04. The van der Waals surface area contributed by atoms with Gasteiger partial charge in [-0.2, -0.15) is 0 Å². The van der Waals surface area contributed by atoms with E-state index in [0.29, 0.717) is 28.6 Å². The Morgan fingerprint density at radius 3 is 2.33 bits per heavy atom. The van der Waals surface area contributed by atoms with Crippen molar-refractivity contribution in [3.63, 3.8) is 0 Å². The number of nitrogens with one attached hydrogen (secondary N) is 1. The first-order chi connectivity index (χ1) is 12.8. The van der Waals surface area contributed by atoms with Gasteiger partial charge < -0.3 is 10.2 Å². The number of aryl methyl sites for hydroxylation is 1. The Balaban J connectivity index is 2.30. The molecular formula is C21H24Cl2N2O2. The third-order valence-electron chi connectivity index (χ3n) is 4.46. The molecule has 144 valence electrons. The zero-order valence-electron chi connectivity index (χ0n) is 15.8. The fourth-order valence-corrected chi connectivity index (χ4v) is 3.38. The summed E-state index contributed by atoms with van der Waals surface area (Å²) in [7, 11) is 1.58. The van der Waals surface area contributed by atoms with Crippen molar-refractivity contribution in [3.05, 3.63) is 69.2 Å². The summed E-state index contributed by atoms with van der Waals surface area (Å²) in [5.74, 6) is -0.338. The number of nitrogens with zero attached hydrogens (tertiary/aromatic N) is 1. The van der Waals surface area contributed by atoms with E-state index in [9.17, 15) is 9.59 Å². The first kappa shape index (κ1) is 21.3. The smallest absolute Gasteiger partial charge is 0.242 e. The summed E-state index contributed by atoms with van der Waals surface area (Å²) in [6, 6.07) is 12.5. The Morgan fingerprint density at radius 1 is 1.11 bits per heavy atom. The summed E-state index contributed by atoms with van der Waals surface area (Å²) in [5, 5.41) is 3.61. The van der Waals surface area contributed by atoms with E-state index in [1.165, 1.54) is 0 Å². The van der Waals surface area contributed by atoms with Crippen LogP contribution in [0.15, 0.2) is 42.5 Å². The zero-order valence-corrected chi connectivity index (χ0v) is 17.3. The monoisotopic (exact) mass is 406 g/mol. The van der Waals surface area contributed by atoms with E-state index in [-0.39, 0.29) is 18.2 Å². The highest BCUT2D eigenvalue weighted by Gasteiger charge is 2.28. The highest BCUT2D eigenvalue weighted by Crippen LogP contribution is 2.23. The molecule has 0 spiro atoms. The van der Waals surface area contributed by atoms with Gasteiger partial charge in [0.05, 0.1) is 6.42 Å².